The van der Waals surface area contributed by atoms with Gasteiger partial charge in [-0.2, -0.15) is 0 Å². The number of hydrogen-bond acceptors (Lipinski definition) is 2. The summed E-state index contributed by atoms with van der Waals surface area (Å²) in [5.41, 5.74) is 0.0910. The highest BCUT2D eigenvalue weighted by Gasteiger charge is 2.50. The minimum absolute atomic E-state index is 0.0910. The maximum atomic E-state index is 11.8. The fourth-order valence-corrected chi connectivity index (χ4v) is 1.99. The first kappa shape index (κ1) is 10.7. The lowest BCUT2D eigenvalue weighted by Gasteiger charge is -2.17. The number of carbonyl (C=O) groups is 1. The van der Waals surface area contributed by atoms with Gasteiger partial charge in [0, 0.05) is 11.8 Å². The van der Waals surface area contributed by atoms with Gasteiger partial charge in [0.15, 0.2) is 0 Å². The summed E-state index contributed by atoms with van der Waals surface area (Å²) in [4.78, 5) is 11.8. The lowest BCUT2D eigenvalue weighted by Crippen LogP contribution is -2.22. The van der Waals surface area contributed by atoms with E-state index in [4.69, 9.17) is 0 Å². The molecule has 1 N–H and O–H groups in total. The quantitative estimate of drug-likeness (QED) is 0.638. The van der Waals surface area contributed by atoms with Gasteiger partial charge < -0.3 is 5.32 Å². The normalized spacial score (nSPS) is 19.1. The number of ketones is 1. The first-order chi connectivity index (χ1) is 6.13. The molecule has 1 saturated carbocycles. The first-order valence-electron chi connectivity index (χ1n) is 5.31. The molecule has 0 aromatic carbocycles. The van der Waals surface area contributed by atoms with Crippen molar-refractivity contribution in [3.8, 4) is 0 Å². The Labute approximate surface area is 81.1 Å². The maximum Gasteiger partial charge on any atom is 0.139 e. The topological polar surface area (TPSA) is 29.1 Å². The Hall–Kier alpha value is -0.370. The second kappa shape index (κ2) is 4.23. The van der Waals surface area contributed by atoms with E-state index in [2.05, 4.69) is 19.2 Å². The van der Waals surface area contributed by atoms with Crippen molar-refractivity contribution in [1.29, 1.82) is 0 Å². The summed E-state index contributed by atoms with van der Waals surface area (Å²) >= 11 is 0. The summed E-state index contributed by atoms with van der Waals surface area (Å²) in [5.74, 6) is 1.03. The van der Waals surface area contributed by atoms with Crippen LogP contribution in [-0.2, 0) is 4.79 Å². The molecule has 1 rings (SSSR count). The lowest BCUT2D eigenvalue weighted by atomic mass is 9.86. The Morgan fingerprint density at radius 2 is 2.08 bits per heavy atom. The Bertz CT molecular complexity index is 183. The van der Waals surface area contributed by atoms with Crippen molar-refractivity contribution in [2.75, 3.05) is 13.6 Å². The predicted molar refractivity (Wildman–Crippen MR) is 54.7 cm³/mol. The van der Waals surface area contributed by atoms with Gasteiger partial charge in [-0.3, -0.25) is 4.79 Å². The molecule has 13 heavy (non-hydrogen) atoms. The highest BCUT2D eigenvalue weighted by molar-refractivity contribution is 5.87. The van der Waals surface area contributed by atoms with Crippen LogP contribution in [0.15, 0.2) is 0 Å². The molecule has 2 heteroatoms. The van der Waals surface area contributed by atoms with Crippen LogP contribution in [0.1, 0.15) is 39.5 Å². The van der Waals surface area contributed by atoms with Crippen molar-refractivity contribution in [1.82, 2.24) is 5.32 Å². The zero-order valence-corrected chi connectivity index (χ0v) is 9.02. The minimum Gasteiger partial charge on any atom is -0.320 e. The summed E-state index contributed by atoms with van der Waals surface area (Å²) < 4.78 is 0. The molecular weight excluding hydrogens is 162 g/mol. The van der Waals surface area contributed by atoms with Gasteiger partial charge in [-0.1, -0.05) is 13.8 Å². The molecule has 2 nitrogen and oxygen atoms in total. The van der Waals surface area contributed by atoms with Crippen LogP contribution in [0.4, 0.5) is 0 Å². The van der Waals surface area contributed by atoms with Crippen molar-refractivity contribution in [3.05, 3.63) is 0 Å². The van der Waals surface area contributed by atoms with Crippen molar-refractivity contribution < 1.29 is 4.79 Å². The van der Waals surface area contributed by atoms with Gasteiger partial charge in [0.2, 0.25) is 0 Å². The van der Waals surface area contributed by atoms with Gasteiger partial charge in [0.1, 0.15) is 5.78 Å². The van der Waals surface area contributed by atoms with Gasteiger partial charge >= 0.3 is 0 Å². The number of carbonyl (C=O) groups excluding carboxylic acids is 1. The molecule has 0 spiro atoms. The van der Waals surface area contributed by atoms with Crippen LogP contribution in [0.5, 0.6) is 0 Å². The largest absolute Gasteiger partial charge is 0.320 e. The molecule has 0 bridgehead atoms. The molecule has 0 saturated heterocycles. The second-order valence-electron chi connectivity index (χ2n) is 4.44. The Morgan fingerprint density at radius 3 is 2.46 bits per heavy atom. The molecule has 0 radical (unpaired) electrons. The van der Waals surface area contributed by atoms with Crippen LogP contribution in [0.2, 0.25) is 0 Å². The van der Waals surface area contributed by atoms with Crippen LogP contribution in [-0.4, -0.2) is 19.4 Å². The molecule has 0 atom stereocenters. The van der Waals surface area contributed by atoms with Gasteiger partial charge in [0.25, 0.3) is 0 Å². The monoisotopic (exact) mass is 183 g/mol. The van der Waals surface area contributed by atoms with E-state index in [1.165, 1.54) is 0 Å². The maximum absolute atomic E-state index is 11.8. The third-order valence-electron chi connectivity index (χ3n) is 3.28. The second-order valence-corrected chi connectivity index (χ2v) is 4.44. The summed E-state index contributed by atoms with van der Waals surface area (Å²) in [6.07, 6.45) is 4.01. The third-order valence-corrected chi connectivity index (χ3v) is 3.28. The van der Waals surface area contributed by atoms with Crippen LogP contribution >= 0.6 is 0 Å². The van der Waals surface area contributed by atoms with Gasteiger partial charge in [-0.15, -0.1) is 0 Å². The number of hydrogen-bond donors (Lipinski definition) is 1. The van der Waals surface area contributed by atoms with E-state index in [9.17, 15) is 4.79 Å². The van der Waals surface area contributed by atoms with Crippen molar-refractivity contribution in [3.63, 3.8) is 0 Å². The standard InChI is InChI=1S/C11H21NO/c1-9(2)11(6-7-11)10(13)5-4-8-12-3/h9,12H,4-8H2,1-3H3. The first-order valence-corrected chi connectivity index (χ1v) is 5.31. The Kier molecular flexibility index (Phi) is 3.48. The average molecular weight is 183 g/mol. The Morgan fingerprint density at radius 1 is 1.46 bits per heavy atom. The van der Waals surface area contributed by atoms with Gasteiger partial charge in [0.05, 0.1) is 0 Å². The summed E-state index contributed by atoms with van der Waals surface area (Å²) in [7, 11) is 1.93. The summed E-state index contributed by atoms with van der Waals surface area (Å²) in [5, 5.41) is 3.07. The average Bonchev–Trinajstić information content (AvgIpc) is 2.84. The molecule has 0 aliphatic heterocycles. The fraction of sp³-hybridized carbons (Fsp3) is 0.909. The molecule has 1 aliphatic carbocycles. The van der Waals surface area contributed by atoms with Crippen LogP contribution in [0.25, 0.3) is 0 Å². The van der Waals surface area contributed by atoms with Gasteiger partial charge in [-0.05, 0) is 38.8 Å². The van der Waals surface area contributed by atoms with Crippen LogP contribution in [0.3, 0.4) is 0 Å². The van der Waals surface area contributed by atoms with E-state index >= 15 is 0 Å². The van der Waals surface area contributed by atoms with E-state index in [1.54, 1.807) is 0 Å². The van der Waals surface area contributed by atoms with Crippen molar-refractivity contribution in [2.24, 2.45) is 11.3 Å². The Balaban J connectivity index is 2.31. The molecule has 0 amide bonds. The zero-order valence-electron chi connectivity index (χ0n) is 9.02. The van der Waals surface area contributed by atoms with Crippen LogP contribution in [0, 0.1) is 11.3 Å². The zero-order chi connectivity index (χ0) is 9.90. The SMILES string of the molecule is CNCCCC(=O)C1(C(C)C)CC1. The highest BCUT2D eigenvalue weighted by Crippen LogP contribution is 2.53. The third kappa shape index (κ3) is 2.31. The molecule has 1 fully saturated rings. The molecule has 1 aliphatic rings. The lowest BCUT2D eigenvalue weighted by molar-refractivity contribution is -0.125. The molecular formula is C11H21NO. The van der Waals surface area contributed by atoms with Crippen LogP contribution < -0.4 is 5.32 Å². The fourth-order valence-electron chi connectivity index (χ4n) is 1.99. The molecule has 0 aromatic rings. The smallest absolute Gasteiger partial charge is 0.139 e. The molecule has 0 heterocycles. The van der Waals surface area contributed by atoms with E-state index in [-0.39, 0.29) is 5.41 Å². The minimum atomic E-state index is 0.0910. The molecule has 0 unspecified atom stereocenters. The molecule has 0 aromatic heterocycles. The highest BCUT2D eigenvalue weighted by atomic mass is 16.1. The van der Waals surface area contributed by atoms with Crippen molar-refractivity contribution in [2.45, 2.75) is 39.5 Å². The van der Waals surface area contributed by atoms with E-state index in [0.717, 1.165) is 32.2 Å². The number of Topliss-reactive ketones (excluding diaryl/α,β-unsaturated/α-hetero) is 1. The van der Waals surface area contributed by atoms with E-state index in [1.807, 2.05) is 7.05 Å². The summed E-state index contributed by atoms with van der Waals surface area (Å²) in [6, 6.07) is 0. The van der Waals surface area contributed by atoms with Crippen molar-refractivity contribution >= 4 is 5.78 Å². The summed E-state index contributed by atoms with van der Waals surface area (Å²) in [6.45, 7) is 5.30. The number of nitrogens with one attached hydrogen (secondary N) is 1. The predicted octanol–water partition coefficient (Wildman–Crippen LogP) is 1.99. The number of rotatable bonds is 6. The molecule has 76 valence electrons. The van der Waals surface area contributed by atoms with Gasteiger partial charge in [-0.25, -0.2) is 0 Å². The van der Waals surface area contributed by atoms with E-state index < -0.39 is 0 Å². The van der Waals surface area contributed by atoms with E-state index in [0.29, 0.717) is 11.7 Å².